The zero-order chi connectivity index (χ0) is 18.5. The highest BCUT2D eigenvalue weighted by atomic mass is 16.6. The van der Waals surface area contributed by atoms with Gasteiger partial charge in [-0.3, -0.25) is 9.59 Å². The van der Waals surface area contributed by atoms with Crippen molar-refractivity contribution in [1.82, 2.24) is 0 Å². The van der Waals surface area contributed by atoms with Gasteiger partial charge in [0, 0.05) is 11.6 Å². The van der Waals surface area contributed by atoms with Gasteiger partial charge in [-0.05, 0) is 62.1 Å². The number of carbonyl (C=O) groups excluding carboxylic acids is 2. The van der Waals surface area contributed by atoms with E-state index >= 15 is 0 Å². The molecule has 2 bridgehead atoms. The molecule has 1 amide bonds. The van der Waals surface area contributed by atoms with E-state index in [1.54, 1.807) is 0 Å². The minimum atomic E-state index is -0.260. The number of hydrogen-bond donors (Lipinski definition) is 1. The molecule has 2 saturated carbocycles. The third-order valence-corrected chi connectivity index (χ3v) is 6.16. The van der Waals surface area contributed by atoms with Gasteiger partial charge in [-0.1, -0.05) is 17.7 Å². The lowest BCUT2D eigenvalue weighted by atomic mass is 9.79. The second-order valence-electron chi connectivity index (χ2n) is 7.85. The van der Waals surface area contributed by atoms with Gasteiger partial charge in [0.25, 0.3) is 0 Å². The Morgan fingerprint density at radius 2 is 1.70 bits per heavy atom. The summed E-state index contributed by atoms with van der Waals surface area (Å²) in [6.07, 6.45) is 1.81. The van der Waals surface area contributed by atoms with Crippen molar-refractivity contribution in [2.24, 2.45) is 23.7 Å². The number of nitrogens with one attached hydrogen (secondary N) is 1. The summed E-state index contributed by atoms with van der Waals surface area (Å²) < 4.78 is 11.2. The average molecular weight is 363 g/mol. The molecule has 2 aliphatic carbocycles. The van der Waals surface area contributed by atoms with E-state index in [0.29, 0.717) is 11.4 Å². The van der Waals surface area contributed by atoms with Crippen molar-refractivity contribution in [2.75, 3.05) is 5.32 Å². The van der Waals surface area contributed by atoms with Crippen LogP contribution in [0.25, 0.3) is 0 Å². The Bertz CT molecular complexity index is 888. The lowest BCUT2D eigenvalue weighted by molar-refractivity contribution is -0.145. The topological polar surface area (TPSA) is 64.6 Å². The molecule has 0 spiro atoms. The maximum absolute atomic E-state index is 12.8. The number of fused-ring (bicyclic) bond motifs is 1. The Labute approximate surface area is 157 Å². The minimum absolute atomic E-state index is 0.0507. The lowest BCUT2D eigenvalue weighted by Gasteiger charge is -2.23. The SMILES string of the molecule is Cc1ccc(Oc2ccc(NC(=O)[C@@H]3[C@@H]4C[C@@H]5[C@H]3C(=O)O[C@H]5C4)cc2)cc1. The molecule has 0 radical (unpaired) electrons. The first kappa shape index (κ1) is 16.4. The summed E-state index contributed by atoms with van der Waals surface area (Å²) in [4.78, 5) is 24.9. The maximum Gasteiger partial charge on any atom is 0.310 e. The minimum Gasteiger partial charge on any atom is -0.462 e. The molecule has 5 rings (SSSR count). The number of rotatable bonds is 4. The number of hydrogen-bond acceptors (Lipinski definition) is 4. The lowest BCUT2D eigenvalue weighted by Crippen LogP contribution is -2.35. The van der Waals surface area contributed by atoms with E-state index in [4.69, 9.17) is 9.47 Å². The molecule has 1 saturated heterocycles. The van der Waals surface area contributed by atoms with E-state index in [9.17, 15) is 9.59 Å². The Balaban J connectivity index is 1.25. The largest absolute Gasteiger partial charge is 0.462 e. The Kier molecular flexibility index (Phi) is 3.71. The predicted molar refractivity (Wildman–Crippen MR) is 99.4 cm³/mol. The van der Waals surface area contributed by atoms with Crippen molar-refractivity contribution in [1.29, 1.82) is 0 Å². The monoisotopic (exact) mass is 363 g/mol. The molecule has 2 aromatic carbocycles. The molecule has 5 heteroatoms. The summed E-state index contributed by atoms with van der Waals surface area (Å²) in [5, 5.41) is 2.97. The highest BCUT2D eigenvalue weighted by Gasteiger charge is 2.63. The molecule has 0 unspecified atom stereocenters. The zero-order valence-electron chi connectivity index (χ0n) is 15.1. The van der Waals surface area contributed by atoms with Gasteiger partial charge in [-0.2, -0.15) is 0 Å². The van der Waals surface area contributed by atoms with Crippen molar-refractivity contribution in [3.8, 4) is 11.5 Å². The van der Waals surface area contributed by atoms with Crippen LogP contribution in [-0.4, -0.2) is 18.0 Å². The third-order valence-electron chi connectivity index (χ3n) is 6.16. The van der Waals surface area contributed by atoms with E-state index in [1.165, 1.54) is 5.56 Å². The van der Waals surface area contributed by atoms with Crippen molar-refractivity contribution in [2.45, 2.75) is 25.9 Å². The number of amides is 1. The first-order valence-electron chi connectivity index (χ1n) is 9.44. The van der Waals surface area contributed by atoms with E-state index in [1.807, 2.05) is 55.5 Å². The molecule has 138 valence electrons. The van der Waals surface area contributed by atoms with Crippen LogP contribution in [-0.2, 0) is 14.3 Å². The van der Waals surface area contributed by atoms with E-state index in [0.717, 1.165) is 18.6 Å². The molecule has 1 N–H and O–H groups in total. The third kappa shape index (κ3) is 2.78. The maximum atomic E-state index is 12.8. The fraction of sp³-hybridized carbons (Fsp3) is 0.364. The number of carbonyl (C=O) groups is 2. The van der Waals surface area contributed by atoms with Gasteiger partial charge < -0.3 is 14.8 Å². The highest BCUT2D eigenvalue weighted by Crippen LogP contribution is 2.57. The summed E-state index contributed by atoms with van der Waals surface area (Å²) >= 11 is 0. The van der Waals surface area contributed by atoms with Gasteiger partial charge in [-0.25, -0.2) is 0 Å². The van der Waals surface area contributed by atoms with Crippen LogP contribution in [0.1, 0.15) is 18.4 Å². The summed E-state index contributed by atoms with van der Waals surface area (Å²) in [6, 6.07) is 15.2. The van der Waals surface area contributed by atoms with Crippen molar-refractivity contribution < 1.29 is 19.1 Å². The number of benzene rings is 2. The van der Waals surface area contributed by atoms with Gasteiger partial charge in [0.05, 0.1) is 11.8 Å². The number of ether oxygens (including phenoxy) is 2. The van der Waals surface area contributed by atoms with Crippen LogP contribution in [0.4, 0.5) is 5.69 Å². The molecule has 2 aromatic rings. The second kappa shape index (κ2) is 6.12. The molecule has 5 atom stereocenters. The average Bonchev–Trinajstić information content (AvgIpc) is 3.27. The molecule has 0 aromatic heterocycles. The molecule has 27 heavy (non-hydrogen) atoms. The van der Waals surface area contributed by atoms with Crippen LogP contribution in [0.2, 0.25) is 0 Å². The Morgan fingerprint density at radius 3 is 2.41 bits per heavy atom. The second-order valence-corrected chi connectivity index (χ2v) is 7.85. The van der Waals surface area contributed by atoms with Gasteiger partial charge >= 0.3 is 5.97 Å². The summed E-state index contributed by atoms with van der Waals surface area (Å²) in [5.41, 5.74) is 1.89. The summed E-state index contributed by atoms with van der Waals surface area (Å²) in [7, 11) is 0. The molecule has 1 aliphatic heterocycles. The molecule has 5 nitrogen and oxygen atoms in total. The van der Waals surface area contributed by atoms with E-state index < -0.39 is 0 Å². The fourth-order valence-electron chi connectivity index (χ4n) is 4.94. The van der Waals surface area contributed by atoms with Crippen LogP contribution in [0, 0.1) is 30.6 Å². The van der Waals surface area contributed by atoms with Gasteiger partial charge in [0.1, 0.15) is 17.6 Å². The standard InChI is InChI=1S/C22H21NO4/c1-12-2-6-15(7-3-12)26-16-8-4-14(5-9-16)23-21(24)19-13-10-17-18(11-13)27-22(25)20(17)19/h2-9,13,17-20H,10-11H2,1H3,(H,23,24)/t13-,17+,18+,19-,20-/m1/s1. The molecular weight excluding hydrogens is 342 g/mol. The van der Waals surface area contributed by atoms with Crippen molar-refractivity contribution in [3.63, 3.8) is 0 Å². The fourth-order valence-corrected chi connectivity index (χ4v) is 4.94. The molecule has 1 heterocycles. The van der Waals surface area contributed by atoms with E-state index in [2.05, 4.69) is 5.32 Å². The summed E-state index contributed by atoms with van der Waals surface area (Å²) in [5.74, 6) is 1.21. The molecule has 3 fully saturated rings. The number of aryl methyl sites for hydroxylation is 1. The van der Waals surface area contributed by atoms with Crippen LogP contribution < -0.4 is 10.1 Å². The smallest absolute Gasteiger partial charge is 0.310 e. The van der Waals surface area contributed by atoms with Gasteiger partial charge in [-0.15, -0.1) is 0 Å². The van der Waals surface area contributed by atoms with Gasteiger partial charge in [0.15, 0.2) is 0 Å². The Morgan fingerprint density at radius 1 is 1.04 bits per heavy atom. The van der Waals surface area contributed by atoms with Crippen LogP contribution in [0.3, 0.4) is 0 Å². The molecular formula is C22H21NO4. The quantitative estimate of drug-likeness (QED) is 0.836. The number of anilines is 1. The van der Waals surface area contributed by atoms with E-state index in [-0.39, 0.29) is 41.7 Å². The molecule has 3 aliphatic rings. The first-order chi connectivity index (χ1) is 13.1. The van der Waals surface area contributed by atoms with Crippen LogP contribution in [0.5, 0.6) is 11.5 Å². The normalized spacial score (nSPS) is 30.3. The van der Waals surface area contributed by atoms with Gasteiger partial charge in [0.2, 0.25) is 5.91 Å². The van der Waals surface area contributed by atoms with Crippen molar-refractivity contribution >= 4 is 17.6 Å². The number of esters is 1. The zero-order valence-corrected chi connectivity index (χ0v) is 15.1. The first-order valence-corrected chi connectivity index (χ1v) is 9.44. The predicted octanol–water partition coefficient (Wildman–Crippen LogP) is 3.92. The Hall–Kier alpha value is -2.82. The van der Waals surface area contributed by atoms with Crippen LogP contribution >= 0.6 is 0 Å². The summed E-state index contributed by atoms with van der Waals surface area (Å²) in [6.45, 7) is 2.03. The van der Waals surface area contributed by atoms with Crippen LogP contribution in [0.15, 0.2) is 48.5 Å². The van der Waals surface area contributed by atoms with Crippen molar-refractivity contribution in [3.05, 3.63) is 54.1 Å². The highest BCUT2D eigenvalue weighted by molar-refractivity contribution is 5.97.